The van der Waals surface area contributed by atoms with Crippen LogP contribution >= 0.6 is 0 Å². The van der Waals surface area contributed by atoms with Crippen molar-refractivity contribution < 1.29 is 14.0 Å². The second kappa shape index (κ2) is 6.91. The molecule has 1 saturated heterocycles. The lowest BCUT2D eigenvalue weighted by molar-refractivity contribution is -0.127. The number of hydrogen-bond acceptors (Lipinski definition) is 2. The molecule has 0 aromatic heterocycles. The van der Waals surface area contributed by atoms with E-state index in [1.807, 2.05) is 0 Å². The maximum Gasteiger partial charge on any atom is 0.227 e. The predicted octanol–water partition coefficient (Wildman–Crippen LogP) is 3.12. The molecule has 5 heteroatoms. The number of halogens is 1. The highest BCUT2D eigenvalue weighted by molar-refractivity contribution is 6.00. The van der Waals surface area contributed by atoms with Crippen LogP contribution in [0.15, 0.2) is 24.3 Å². The Kier molecular flexibility index (Phi) is 4.88. The van der Waals surface area contributed by atoms with Crippen LogP contribution in [0, 0.1) is 23.6 Å². The number of benzene rings is 1. The first kappa shape index (κ1) is 16.9. The molecule has 2 aliphatic rings. The van der Waals surface area contributed by atoms with E-state index in [1.54, 1.807) is 18.2 Å². The Morgan fingerprint density at radius 3 is 2.75 bits per heavy atom. The third-order valence-electron chi connectivity index (χ3n) is 5.67. The number of nitrogens with zero attached hydrogens (tertiary/aromatic N) is 1. The van der Waals surface area contributed by atoms with Gasteiger partial charge in [0, 0.05) is 19.0 Å². The van der Waals surface area contributed by atoms with Crippen molar-refractivity contribution in [2.75, 3.05) is 11.4 Å². The number of carbonyl (C=O) groups is 2. The summed E-state index contributed by atoms with van der Waals surface area (Å²) >= 11 is 0. The highest BCUT2D eigenvalue weighted by Gasteiger charge is 2.38. The fourth-order valence-electron chi connectivity index (χ4n) is 3.87. The molecule has 130 valence electrons. The van der Waals surface area contributed by atoms with E-state index in [9.17, 15) is 14.0 Å². The lowest BCUT2D eigenvalue weighted by Crippen LogP contribution is -2.46. The molecule has 1 heterocycles. The highest BCUT2D eigenvalue weighted by atomic mass is 19.1. The summed E-state index contributed by atoms with van der Waals surface area (Å²) in [4.78, 5) is 26.2. The Labute approximate surface area is 142 Å². The van der Waals surface area contributed by atoms with Gasteiger partial charge in [0.25, 0.3) is 0 Å². The van der Waals surface area contributed by atoms with Crippen LogP contribution in [0.4, 0.5) is 10.1 Å². The van der Waals surface area contributed by atoms with Crippen molar-refractivity contribution >= 4 is 17.5 Å². The van der Waals surface area contributed by atoms with Crippen molar-refractivity contribution in [2.45, 2.75) is 45.6 Å². The van der Waals surface area contributed by atoms with Crippen LogP contribution in [-0.4, -0.2) is 24.4 Å². The third-order valence-corrected chi connectivity index (χ3v) is 5.67. The SMILES string of the molecule is C[C@@H]1[C@H](C)CCC[C@@H]1NC(=O)[C@H]1CC(=O)N(c2ccccc2F)C1. The molecule has 1 aliphatic carbocycles. The Balaban J connectivity index is 1.65. The van der Waals surface area contributed by atoms with Gasteiger partial charge in [-0.15, -0.1) is 0 Å². The average molecular weight is 332 g/mol. The average Bonchev–Trinajstić information content (AvgIpc) is 2.94. The summed E-state index contributed by atoms with van der Waals surface area (Å²) in [5.41, 5.74) is 0.262. The van der Waals surface area contributed by atoms with E-state index >= 15 is 0 Å². The third kappa shape index (κ3) is 3.30. The monoisotopic (exact) mass is 332 g/mol. The summed E-state index contributed by atoms with van der Waals surface area (Å²) in [5.74, 6) is -0.0479. The largest absolute Gasteiger partial charge is 0.353 e. The van der Waals surface area contributed by atoms with Gasteiger partial charge in [-0.2, -0.15) is 0 Å². The smallest absolute Gasteiger partial charge is 0.227 e. The zero-order valence-corrected chi connectivity index (χ0v) is 14.3. The molecule has 1 saturated carbocycles. The summed E-state index contributed by atoms with van der Waals surface area (Å²) in [6.07, 6.45) is 3.48. The lowest BCUT2D eigenvalue weighted by atomic mass is 9.78. The van der Waals surface area contributed by atoms with Crippen molar-refractivity contribution in [3.8, 4) is 0 Å². The Morgan fingerprint density at radius 2 is 2.00 bits per heavy atom. The molecule has 2 fully saturated rings. The molecule has 1 aliphatic heterocycles. The van der Waals surface area contributed by atoms with Gasteiger partial charge in [-0.25, -0.2) is 4.39 Å². The Hall–Kier alpha value is -1.91. The van der Waals surface area contributed by atoms with Gasteiger partial charge in [-0.3, -0.25) is 9.59 Å². The molecular weight excluding hydrogens is 307 g/mol. The number of amides is 2. The van der Waals surface area contributed by atoms with Gasteiger partial charge < -0.3 is 10.2 Å². The number of hydrogen-bond donors (Lipinski definition) is 1. The van der Waals surface area contributed by atoms with Crippen molar-refractivity contribution in [1.29, 1.82) is 0 Å². The Bertz CT molecular complexity index is 634. The summed E-state index contributed by atoms with van der Waals surface area (Å²) in [6.45, 7) is 4.66. The Morgan fingerprint density at radius 1 is 1.25 bits per heavy atom. The summed E-state index contributed by atoms with van der Waals surface area (Å²) < 4.78 is 13.9. The van der Waals surface area contributed by atoms with Crippen molar-refractivity contribution in [3.05, 3.63) is 30.1 Å². The molecule has 2 amide bonds. The number of rotatable bonds is 3. The first-order valence-corrected chi connectivity index (χ1v) is 8.82. The van der Waals surface area contributed by atoms with E-state index in [2.05, 4.69) is 19.2 Å². The van der Waals surface area contributed by atoms with Gasteiger partial charge in [-0.05, 0) is 30.4 Å². The molecule has 0 unspecified atom stereocenters. The molecule has 1 N–H and O–H groups in total. The maximum atomic E-state index is 13.9. The van der Waals surface area contributed by atoms with Crippen LogP contribution < -0.4 is 10.2 Å². The topological polar surface area (TPSA) is 49.4 Å². The molecule has 4 atom stereocenters. The fraction of sp³-hybridized carbons (Fsp3) is 0.579. The van der Waals surface area contributed by atoms with Crippen LogP contribution in [0.2, 0.25) is 0 Å². The van der Waals surface area contributed by atoms with Crippen molar-refractivity contribution in [1.82, 2.24) is 5.32 Å². The lowest BCUT2D eigenvalue weighted by Gasteiger charge is -2.35. The van der Waals surface area contributed by atoms with E-state index in [0.29, 0.717) is 11.8 Å². The molecule has 0 radical (unpaired) electrons. The van der Waals surface area contributed by atoms with Gasteiger partial charge in [0.15, 0.2) is 0 Å². The number of para-hydroxylation sites is 1. The summed E-state index contributed by atoms with van der Waals surface area (Å²) in [7, 11) is 0. The van der Waals surface area contributed by atoms with E-state index in [0.717, 1.165) is 12.8 Å². The molecule has 0 spiro atoms. The molecule has 0 bridgehead atoms. The zero-order valence-electron chi connectivity index (χ0n) is 14.3. The van der Waals surface area contributed by atoms with Crippen molar-refractivity contribution in [2.24, 2.45) is 17.8 Å². The second-order valence-electron chi connectivity index (χ2n) is 7.24. The van der Waals surface area contributed by atoms with E-state index in [-0.39, 0.29) is 36.5 Å². The predicted molar refractivity (Wildman–Crippen MR) is 91.0 cm³/mol. The van der Waals surface area contributed by atoms with Crippen LogP contribution in [0.25, 0.3) is 0 Å². The molecular formula is C19H25FN2O2. The van der Waals surface area contributed by atoms with E-state index in [4.69, 9.17) is 0 Å². The standard InChI is InChI=1S/C19H25FN2O2/c1-12-6-5-8-16(13(12)2)21-19(24)14-10-18(23)22(11-14)17-9-4-3-7-15(17)20/h3-4,7,9,12-14,16H,5-6,8,10-11H2,1-2H3,(H,21,24)/t12-,13-,14+,16+/m1/s1. The summed E-state index contributed by atoms with van der Waals surface area (Å²) in [6, 6.07) is 6.39. The van der Waals surface area contributed by atoms with Crippen molar-refractivity contribution in [3.63, 3.8) is 0 Å². The van der Waals surface area contributed by atoms with Crippen LogP contribution in [0.5, 0.6) is 0 Å². The molecule has 4 nitrogen and oxygen atoms in total. The first-order valence-electron chi connectivity index (χ1n) is 8.82. The highest BCUT2D eigenvalue weighted by Crippen LogP contribution is 2.31. The van der Waals surface area contributed by atoms with Gasteiger partial charge in [-0.1, -0.05) is 38.8 Å². The molecule has 3 rings (SSSR count). The first-order chi connectivity index (χ1) is 11.5. The van der Waals surface area contributed by atoms with Crippen LogP contribution in [0.3, 0.4) is 0 Å². The van der Waals surface area contributed by atoms with Crippen LogP contribution in [0.1, 0.15) is 39.5 Å². The normalized spacial score (nSPS) is 30.5. The van der Waals surface area contributed by atoms with E-state index < -0.39 is 11.7 Å². The minimum absolute atomic E-state index is 0.0758. The second-order valence-corrected chi connectivity index (χ2v) is 7.24. The van der Waals surface area contributed by atoms with Gasteiger partial charge in [0.2, 0.25) is 11.8 Å². The fourth-order valence-corrected chi connectivity index (χ4v) is 3.87. The molecule has 1 aromatic rings. The summed E-state index contributed by atoms with van der Waals surface area (Å²) in [5, 5.41) is 3.14. The number of carbonyl (C=O) groups excluding carboxylic acids is 2. The number of anilines is 1. The minimum atomic E-state index is -0.429. The number of nitrogens with one attached hydrogen (secondary N) is 1. The zero-order chi connectivity index (χ0) is 17.3. The van der Waals surface area contributed by atoms with Crippen LogP contribution in [-0.2, 0) is 9.59 Å². The van der Waals surface area contributed by atoms with Gasteiger partial charge in [0.1, 0.15) is 5.82 Å². The molecule has 1 aromatic carbocycles. The van der Waals surface area contributed by atoms with Gasteiger partial charge >= 0.3 is 0 Å². The van der Waals surface area contributed by atoms with Gasteiger partial charge in [0.05, 0.1) is 11.6 Å². The molecule has 24 heavy (non-hydrogen) atoms. The quantitative estimate of drug-likeness (QED) is 0.924. The minimum Gasteiger partial charge on any atom is -0.353 e. The maximum absolute atomic E-state index is 13.9. The van der Waals surface area contributed by atoms with E-state index in [1.165, 1.54) is 17.4 Å².